The van der Waals surface area contributed by atoms with E-state index in [2.05, 4.69) is 0 Å². The van der Waals surface area contributed by atoms with Crippen LogP contribution in [-0.4, -0.2) is 5.78 Å². The summed E-state index contributed by atoms with van der Waals surface area (Å²) in [5, 5.41) is 16.4. The maximum absolute atomic E-state index is 10.3. The Morgan fingerprint density at radius 3 is 2.30 bits per heavy atom. The molecule has 0 unspecified atom stereocenters. The molecule has 0 atom stereocenters. The van der Waals surface area contributed by atoms with Crippen LogP contribution >= 0.6 is 0 Å². The summed E-state index contributed by atoms with van der Waals surface area (Å²) in [6.07, 6.45) is 2.50. The first-order valence-corrected chi connectivity index (χ1v) is 2.68. The van der Waals surface area contributed by atoms with Crippen molar-refractivity contribution >= 4 is 5.78 Å². The molecule has 0 aliphatic carbocycles. The molecular formula is C7H6N2O. The van der Waals surface area contributed by atoms with Crippen molar-refractivity contribution < 1.29 is 4.79 Å². The number of hydrogen-bond acceptors (Lipinski definition) is 3. The predicted octanol–water partition coefficient (Wildman–Crippen LogP) is 0.795. The standard InChI is InChI=1S/C7H6N2O/c1-6(10)2-3-7(4-8)5-9/h2-3,7H,1H3/b3-2+. The van der Waals surface area contributed by atoms with Crippen LogP contribution in [0.25, 0.3) is 0 Å². The van der Waals surface area contributed by atoms with Crippen LogP contribution in [0, 0.1) is 28.6 Å². The van der Waals surface area contributed by atoms with E-state index in [0.29, 0.717) is 0 Å². The van der Waals surface area contributed by atoms with Crippen LogP contribution in [-0.2, 0) is 4.79 Å². The lowest BCUT2D eigenvalue weighted by Gasteiger charge is -1.83. The Morgan fingerprint density at radius 2 is 2.00 bits per heavy atom. The lowest BCUT2D eigenvalue weighted by Crippen LogP contribution is -1.88. The second-order valence-electron chi connectivity index (χ2n) is 1.71. The number of allylic oxidation sites excluding steroid dienone is 2. The minimum absolute atomic E-state index is 0.157. The summed E-state index contributed by atoms with van der Waals surface area (Å²) in [5.74, 6) is -0.959. The number of nitrogens with zero attached hydrogens (tertiary/aromatic N) is 2. The second kappa shape index (κ2) is 4.29. The lowest BCUT2D eigenvalue weighted by molar-refractivity contribution is -0.112. The van der Waals surface area contributed by atoms with Gasteiger partial charge in [-0.2, -0.15) is 10.5 Å². The van der Waals surface area contributed by atoms with E-state index in [1.165, 1.54) is 19.1 Å². The minimum Gasteiger partial charge on any atom is -0.295 e. The molecule has 10 heavy (non-hydrogen) atoms. The SMILES string of the molecule is CC(=O)/C=C/C(C#N)C#N. The Bertz CT molecular complexity index is 215. The molecule has 3 heteroatoms. The summed E-state index contributed by atoms with van der Waals surface area (Å²) in [7, 11) is 0. The summed E-state index contributed by atoms with van der Waals surface area (Å²) in [6.45, 7) is 1.36. The molecule has 0 radical (unpaired) electrons. The van der Waals surface area contributed by atoms with Crippen LogP contribution in [0.1, 0.15) is 6.92 Å². The average Bonchev–Trinajstić information content (AvgIpc) is 1.90. The predicted molar refractivity (Wildman–Crippen MR) is 34.5 cm³/mol. The number of hydrogen-bond donors (Lipinski definition) is 0. The molecule has 0 aromatic carbocycles. The van der Waals surface area contributed by atoms with Crippen molar-refractivity contribution in [2.45, 2.75) is 6.92 Å². The number of carbonyl (C=O) groups excluding carboxylic acids is 1. The van der Waals surface area contributed by atoms with Crippen molar-refractivity contribution in [1.82, 2.24) is 0 Å². The van der Waals surface area contributed by atoms with Crippen LogP contribution in [0.4, 0.5) is 0 Å². The topological polar surface area (TPSA) is 64.7 Å². The van der Waals surface area contributed by atoms with E-state index in [1.54, 1.807) is 12.1 Å². The fourth-order valence-electron chi connectivity index (χ4n) is 0.347. The maximum atomic E-state index is 10.3. The van der Waals surface area contributed by atoms with Crippen molar-refractivity contribution in [2.75, 3.05) is 0 Å². The quantitative estimate of drug-likeness (QED) is 0.524. The van der Waals surface area contributed by atoms with Crippen LogP contribution in [0.2, 0.25) is 0 Å². The van der Waals surface area contributed by atoms with Gasteiger partial charge < -0.3 is 0 Å². The first kappa shape index (κ1) is 8.39. The van der Waals surface area contributed by atoms with Gasteiger partial charge in [-0.05, 0) is 19.1 Å². The Morgan fingerprint density at radius 1 is 1.50 bits per heavy atom. The molecule has 0 amide bonds. The van der Waals surface area contributed by atoms with Gasteiger partial charge in [-0.1, -0.05) is 0 Å². The summed E-state index contributed by atoms with van der Waals surface area (Å²) in [6, 6.07) is 3.41. The molecule has 0 aromatic heterocycles. The third-order valence-electron chi connectivity index (χ3n) is 0.802. The molecule has 0 rings (SSSR count). The van der Waals surface area contributed by atoms with Gasteiger partial charge in [0.15, 0.2) is 11.7 Å². The molecule has 50 valence electrons. The van der Waals surface area contributed by atoms with Gasteiger partial charge in [0.1, 0.15) is 0 Å². The highest BCUT2D eigenvalue weighted by Crippen LogP contribution is 1.93. The number of nitriles is 2. The lowest BCUT2D eigenvalue weighted by atomic mass is 10.2. The molecular weight excluding hydrogens is 128 g/mol. The second-order valence-corrected chi connectivity index (χ2v) is 1.71. The van der Waals surface area contributed by atoms with Crippen LogP contribution in [0.15, 0.2) is 12.2 Å². The molecule has 0 saturated carbocycles. The highest BCUT2D eigenvalue weighted by molar-refractivity contribution is 5.87. The van der Waals surface area contributed by atoms with Crippen molar-refractivity contribution in [3.8, 4) is 12.1 Å². The van der Waals surface area contributed by atoms with Crippen molar-refractivity contribution in [1.29, 1.82) is 10.5 Å². The third-order valence-corrected chi connectivity index (χ3v) is 0.802. The van der Waals surface area contributed by atoms with Crippen molar-refractivity contribution in [3.05, 3.63) is 12.2 Å². The van der Waals surface area contributed by atoms with Crippen LogP contribution in [0.3, 0.4) is 0 Å². The molecule has 0 N–H and O–H groups in total. The fourth-order valence-corrected chi connectivity index (χ4v) is 0.347. The Balaban J connectivity index is 4.04. The minimum atomic E-state index is -0.802. The Kier molecular flexibility index (Phi) is 3.60. The number of rotatable bonds is 2. The van der Waals surface area contributed by atoms with Gasteiger partial charge in [0.05, 0.1) is 12.1 Å². The van der Waals surface area contributed by atoms with Crippen LogP contribution < -0.4 is 0 Å². The summed E-state index contributed by atoms with van der Waals surface area (Å²) in [5.41, 5.74) is 0. The third kappa shape index (κ3) is 3.40. The fraction of sp³-hybridized carbons (Fsp3) is 0.286. The average molecular weight is 134 g/mol. The molecule has 0 spiro atoms. The normalized spacial score (nSPS) is 9.20. The highest BCUT2D eigenvalue weighted by Gasteiger charge is 1.97. The number of ketones is 1. The first-order chi connectivity index (χ1) is 4.70. The molecule has 0 fully saturated rings. The van der Waals surface area contributed by atoms with E-state index >= 15 is 0 Å². The monoisotopic (exact) mass is 134 g/mol. The van der Waals surface area contributed by atoms with Crippen LogP contribution in [0.5, 0.6) is 0 Å². The van der Waals surface area contributed by atoms with E-state index in [0.717, 1.165) is 0 Å². The zero-order valence-corrected chi connectivity index (χ0v) is 5.53. The highest BCUT2D eigenvalue weighted by atomic mass is 16.1. The molecule has 0 bridgehead atoms. The molecule has 0 aromatic rings. The molecule has 0 saturated heterocycles. The zero-order chi connectivity index (χ0) is 7.98. The van der Waals surface area contributed by atoms with Gasteiger partial charge in [0.2, 0.25) is 0 Å². The van der Waals surface area contributed by atoms with E-state index in [-0.39, 0.29) is 5.78 Å². The van der Waals surface area contributed by atoms with E-state index in [9.17, 15) is 4.79 Å². The molecule has 0 aliphatic heterocycles. The first-order valence-electron chi connectivity index (χ1n) is 2.68. The van der Waals surface area contributed by atoms with E-state index in [4.69, 9.17) is 10.5 Å². The summed E-state index contributed by atoms with van der Waals surface area (Å²) >= 11 is 0. The van der Waals surface area contributed by atoms with Gasteiger partial charge in [-0.15, -0.1) is 0 Å². The van der Waals surface area contributed by atoms with Gasteiger partial charge in [-0.3, -0.25) is 4.79 Å². The van der Waals surface area contributed by atoms with Crippen molar-refractivity contribution in [2.24, 2.45) is 5.92 Å². The Labute approximate surface area is 59.2 Å². The molecule has 3 nitrogen and oxygen atoms in total. The van der Waals surface area contributed by atoms with E-state index < -0.39 is 5.92 Å². The van der Waals surface area contributed by atoms with Gasteiger partial charge >= 0.3 is 0 Å². The van der Waals surface area contributed by atoms with E-state index in [1.807, 2.05) is 0 Å². The Hall–Kier alpha value is -1.61. The van der Waals surface area contributed by atoms with Gasteiger partial charge in [-0.25, -0.2) is 0 Å². The van der Waals surface area contributed by atoms with Crippen molar-refractivity contribution in [3.63, 3.8) is 0 Å². The van der Waals surface area contributed by atoms with Gasteiger partial charge in [0.25, 0.3) is 0 Å². The van der Waals surface area contributed by atoms with Gasteiger partial charge in [0, 0.05) is 0 Å². The number of carbonyl (C=O) groups is 1. The largest absolute Gasteiger partial charge is 0.295 e. The summed E-state index contributed by atoms with van der Waals surface area (Å²) in [4.78, 5) is 10.3. The zero-order valence-electron chi connectivity index (χ0n) is 5.53. The summed E-state index contributed by atoms with van der Waals surface area (Å²) < 4.78 is 0. The maximum Gasteiger partial charge on any atom is 0.152 e. The molecule has 0 aliphatic rings. The smallest absolute Gasteiger partial charge is 0.152 e. The molecule has 0 heterocycles.